The molecule has 0 saturated carbocycles. The lowest BCUT2D eigenvalue weighted by atomic mass is 10.1. The molecule has 2 atom stereocenters. The minimum absolute atomic E-state index is 0.164. The van der Waals surface area contributed by atoms with E-state index in [2.05, 4.69) is 10.3 Å². The lowest BCUT2D eigenvalue weighted by Gasteiger charge is -2.17. The first-order chi connectivity index (χ1) is 9.69. The van der Waals surface area contributed by atoms with Crippen molar-refractivity contribution in [3.8, 4) is 0 Å². The van der Waals surface area contributed by atoms with Crippen LogP contribution in [0, 0.1) is 0 Å². The SMILES string of the molecule is CCc1ncc(C(=O)NC2c3ccccc3CC2O)s1. The van der Waals surface area contributed by atoms with Crippen LogP contribution in [-0.2, 0) is 12.8 Å². The van der Waals surface area contributed by atoms with E-state index in [1.807, 2.05) is 31.2 Å². The van der Waals surface area contributed by atoms with Gasteiger partial charge in [-0.1, -0.05) is 31.2 Å². The summed E-state index contributed by atoms with van der Waals surface area (Å²) >= 11 is 1.40. The highest BCUT2D eigenvalue weighted by Crippen LogP contribution is 2.31. The van der Waals surface area contributed by atoms with Crippen molar-refractivity contribution in [2.45, 2.75) is 31.9 Å². The Morgan fingerprint density at radius 1 is 1.50 bits per heavy atom. The zero-order valence-corrected chi connectivity index (χ0v) is 12.0. The van der Waals surface area contributed by atoms with E-state index in [4.69, 9.17) is 0 Å². The summed E-state index contributed by atoms with van der Waals surface area (Å²) in [4.78, 5) is 17.0. The third-order valence-corrected chi connectivity index (χ3v) is 4.71. The third-order valence-electron chi connectivity index (χ3n) is 3.57. The van der Waals surface area contributed by atoms with Crippen molar-refractivity contribution in [1.82, 2.24) is 10.3 Å². The van der Waals surface area contributed by atoms with Crippen LogP contribution in [0.15, 0.2) is 30.5 Å². The molecule has 3 rings (SSSR count). The van der Waals surface area contributed by atoms with Crippen LogP contribution in [0.3, 0.4) is 0 Å². The average molecular weight is 288 g/mol. The molecule has 104 valence electrons. The van der Waals surface area contributed by atoms with Crippen LogP contribution >= 0.6 is 11.3 Å². The van der Waals surface area contributed by atoms with Crippen LogP contribution in [0.1, 0.15) is 38.8 Å². The van der Waals surface area contributed by atoms with Crippen molar-refractivity contribution in [2.24, 2.45) is 0 Å². The van der Waals surface area contributed by atoms with Crippen LogP contribution < -0.4 is 5.32 Å². The molecule has 1 amide bonds. The fourth-order valence-corrected chi connectivity index (χ4v) is 3.30. The quantitative estimate of drug-likeness (QED) is 0.909. The molecular weight excluding hydrogens is 272 g/mol. The van der Waals surface area contributed by atoms with Crippen LogP contribution in [0.4, 0.5) is 0 Å². The van der Waals surface area contributed by atoms with E-state index < -0.39 is 6.10 Å². The molecular formula is C15H16N2O2S. The van der Waals surface area contributed by atoms with Gasteiger partial charge in [0.1, 0.15) is 4.88 Å². The number of aliphatic hydroxyl groups excluding tert-OH is 1. The smallest absolute Gasteiger partial charge is 0.263 e. The standard InChI is InChI=1S/C15H16N2O2S/c1-2-13-16-8-12(20-13)15(19)17-14-10-6-4-3-5-9(10)7-11(14)18/h3-6,8,11,14,18H,2,7H2,1H3,(H,17,19). The molecule has 1 aliphatic rings. The fraction of sp³-hybridized carbons (Fsp3) is 0.333. The molecule has 0 spiro atoms. The van der Waals surface area contributed by atoms with E-state index in [0.717, 1.165) is 22.6 Å². The second-order valence-corrected chi connectivity index (χ2v) is 6.01. The van der Waals surface area contributed by atoms with E-state index in [9.17, 15) is 9.90 Å². The zero-order chi connectivity index (χ0) is 14.1. The monoisotopic (exact) mass is 288 g/mol. The molecule has 2 unspecified atom stereocenters. The summed E-state index contributed by atoms with van der Waals surface area (Å²) in [6.07, 6.45) is 2.46. The molecule has 1 aromatic heterocycles. The van der Waals surface area contributed by atoms with Gasteiger partial charge in [-0.25, -0.2) is 4.98 Å². The second kappa shape index (κ2) is 5.34. The van der Waals surface area contributed by atoms with Crippen molar-refractivity contribution in [3.05, 3.63) is 51.5 Å². The number of hydrogen-bond donors (Lipinski definition) is 2. The molecule has 0 fully saturated rings. The number of benzene rings is 1. The van der Waals surface area contributed by atoms with E-state index in [0.29, 0.717) is 11.3 Å². The molecule has 0 radical (unpaired) electrons. The lowest BCUT2D eigenvalue weighted by molar-refractivity contribution is 0.0862. The largest absolute Gasteiger partial charge is 0.390 e. The Bertz CT molecular complexity index is 638. The van der Waals surface area contributed by atoms with E-state index in [1.54, 1.807) is 6.20 Å². The second-order valence-electron chi connectivity index (χ2n) is 4.89. The van der Waals surface area contributed by atoms with E-state index in [-0.39, 0.29) is 11.9 Å². The summed E-state index contributed by atoms with van der Waals surface area (Å²) in [5.74, 6) is -0.164. The predicted octanol–water partition coefficient (Wildman–Crippen LogP) is 2.09. The minimum Gasteiger partial charge on any atom is -0.390 e. The van der Waals surface area contributed by atoms with E-state index in [1.165, 1.54) is 11.3 Å². The number of nitrogens with one attached hydrogen (secondary N) is 1. The Labute approximate surface area is 121 Å². The molecule has 2 N–H and O–H groups in total. The third kappa shape index (κ3) is 2.34. The number of amides is 1. The highest BCUT2D eigenvalue weighted by atomic mass is 32.1. The van der Waals surface area contributed by atoms with Crippen LogP contribution in [0.5, 0.6) is 0 Å². The normalized spacial score (nSPS) is 20.7. The van der Waals surface area contributed by atoms with Gasteiger partial charge in [-0.05, 0) is 17.5 Å². The fourth-order valence-electron chi connectivity index (χ4n) is 2.54. The van der Waals surface area contributed by atoms with Crippen LogP contribution in [-0.4, -0.2) is 22.1 Å². The Balaban J connectivity index is 1.79. The minimum atomic E-state index is -0.560. The number of hydrogen-bond acceptors (Lipinski definition) is 4. The number of aromatic nitrogens is 1. The van der Waals surface area contributed by atoms with Crippen LogP contribution in [0.2, 0.25) is 0 Å². The van der Waals surface area contributed by atoms with Gasteiger partial charge in [0.2, 0.25) is 0 Å². The maximum atomic E-state index is 12.2. The molecule has 4 nitrogen and oxygen atoms in total. The predicted molar refractivity (Wildman–Crippen MR) is 77.9 cm³/mol. The molecule has 1 aliphatic carbocycles. The Morgan fingerprint density at radius 2 is 2.30 bits per heavy atom. The number of aliphatic hydroxyl groups is 1. The number of carbonyl (C=O) groups is 1. The molecule has 0 aliphatic heterocycles. The summed E-state index contributed by atoms with van der Waals surface area (Å²) in [5.41, 5.74) is 2.11. The van der Waals surface area contributed by atoms with Gasteiger partial charge < -0.3 is 10.4 Å². The number of thiazole rings is 1. The first-order valence-corrected chi connectivity index (χ1v) is 7.52. The highest BCUT2D eigenvalue weighted by Gasteiger charge is 2.32. The van der Waals surface area contributed by atoms with Crippen molar-refractivity contribution in [1.29, 1.82) is 0 Å². The van der Waals surface area contributed by atoms with Gasteiger partial charge in [-0.2, -0.15) is 0 Å². The van der Waals surface area contributed by atoms with E-state index >= 15 is 0 Å². The molecule has 2 aromatic rings. The van der Waals surface area contributed by atoms with Crippen molar-refractivity contribution in [2.75, 3.05) is 0 Å². The summed E-state index contributed by atoms with van der Waals surface area (Å²) in [6.45, 7) is 2.01. The molecule has 0 bridgehead atoms. The Kier molecular flexibility index (Phi) is 3.54. The maximum Gasteiger partial charge on any atom is 0.263 e. The maximum absolute atomic E-state index is 12.2. The number of aryl methyl sites for hydroxylation is 1. The number of fused-ring (bicyclic) bond motifs is 1. The van der Waals surface area contributed by atoms with Crippen molar-refractivity contribution < 1.29 is 9.90 Å². The Hall–Kier alpha value is -1.72. The molecule has 0 saturated heterocycles. The molecule has 1 heterocycles. The summed E-state index contributed by atoms with van der Waals surface area (Å²) < 4.78 is 0. The van der Waals surface area contributed by atoms with Gasteiger partial charge in [0.25, 0.3) is 5.91 Å². The van der Waals surface area contributed by atoms with Gasteiger partial charge in [0.05, 0.1) is 23.4 Å². The first kappa shape index (κ1) is 13.3. The topological polar surface area (TPSA) is 62.2 Å². The van der Waals surface area contributed by atoms with Crippen molar-refractivity contribution >= 4 is 17.2 Å². The van der Waals surface area contributed by atoms with Gasteiger partial charge in [0.15, 0.2) is 0 Å². The number of rotatable bonds is 3. The number of carbonyl (C=O) groups excluding carboxylic acids is 1. The molecule has 5 heteroatoms. The summed E-state index contributed by atoms with van der Waals surface area (Å²) in [6, 6.07) is 7.50. The Morgan fingerprint density at radius 3 is 3.05 bits per heavy atom. The molecule has 1 aromatic carbocycles. The van der Waals surface area contributed by atoms with Crippen LogP contribution in [0.25, 0.3) is 0 Å². The van der Waals surface area contributed by atoms with Gasteiger partial charge in [0, 0.05) is 6.42 Å². The summed E-state index contributed by atoms with van der Waals surface area (Å²) in [7, 11) is 0. The molecule has 20 heavy (non-hydrogen) atoms. The zero-order valence-electron chi connectivity index (χ0n) is 11.2. The van der Waals surface area contributed by atoms with Gasteiger partial charge >= 0.3 is 0 Å². The summed E-state index contributed by atoms with van der Waals surface area (Å²) in [5, 5.41) is 14.0. The van der Waals surface area contributed by atoms with Crippen molar-refractivity contribution in [3.63, 3.8) is 0 Å². The first-order valence-electron chi connectivity index (χ1n) is 6.70. The van der Waals surface area contributed by atoms with Gasteiger partial charge in [-0.15, -0.1) is 11.3 Å². The lowest BCUT2D eigenvalue weighted by Crippen LogP contribution is -2.33. The average Bonchev–Trinajstić information content (AvgIpc) is 3.04. The number of nitrogens with zero attached hydrogens (tertiary/aromatic N) is 1. The highest BCUT2D eigenvalue weighted by molar-refractivity contribution is 7.13. The van der Waals surface area contributed by atoms with Gasteiger partial charge in [-0.3, -0.25) is 4.79 Å².